The lowest BCUT2D eigenvalue weighted by atomic mass is 10.1. The van der Waals surface area contributed by atoms with E-state index in [0.717, 1.165) is 44.7 Å². The van der Waals surface area contributed by atoms with Gasteiger partial charge < -0.3 is 14.9 Å². The van der Waals surface area contributed by atoms with Crippen molar-refractivity contribution in [3.8, 4) is 5.75 Å². The summed E-state index contributed by atoms with van der Waals surface area (Å²) in [6.07, 6.45) is -9.10. The molecule has 2 unspecified atom stereocenters. The van der Waals surface area contributed by atoms with Crippen LogP contribution in [0, 0.1) is 11.6 Å². The molecule has 7 nitrogen and oxygen atoms in total. The fourth-order valence-electron chi connectivity index (χ4n) is 3.87. The molecule has 2 fully saturated rings. The number of benzene rings is 2. The Morgan fingerprint density at radius 1 is 0.846 bits per heavy atom. The first-order valence-electron chi connectivity index (χ1n) is 11.3. The minimum atomic E-state index is -5.08. The van der Waals surface area contributed by atoms with Crippen LogP contribution < -0.4 is 4.74 Å². The number of carboxylic acids is 2. The first kappa shape index (κ1) is 31.8. The molecule has 216 valence electrons. The molecule has 0 aromatic heterocycles. The molecule has 0 spiro atoms. The van der Waals surface area contributed by atoms with Crippen LogP contribution in [0.2, 0.25) is 0 Å². The van der Waals surface area contributed by atoms with Crippen LogP contribution in [0.5, 0.6) is 5.75 Å². The van der Waals surface area contributed by atoms with Gasteiger partial charge in [-0.2, -0.15) is 26.3 Å². The van der Waals surface area contributed by atoms with E-state index in [0.29, 0.717) is 11.8 Å². The molecule has 15 heteroatoms. The van der Waals surface area contributed by atoms with Gasteiger partial charge in [0.1, 0.15) is 23.5 Å². The standard InChI is InChI=1S/C20H22F2N2O.2C2HF3O2/c21-16-6-4-15(5-7-16)12-23-8-9-24-14-20(11-18(24)13-23)25-19-3-1-2-17(22)10-19;2*3-2(4,5)1(6)7/h1-7,10,18,20H,8-9,11-14H2;2*(H,6,7). The number of hydrogen-bond acceptors (Lipinski definition) is 5. The number of carboxylic acid groups (broad SMARTS) is 2. The number of aliphatic carboxylic acids is 2. The number of fused-ring (bicyclic) bond motifs is 1. The molecule has 4 rings (SSSR count). The number of alkyl halides is 6. The van der Waals surface area contributed by atoms with Gasteiger partial charge in [0, 0.05) is 51.3 Å². The summed E-state index contributed by atoms with van der Waals surface area (Å²) in [5.41, 5.74) is 1.14. The zero-order chi connectivity index (χ0) is 29.4. The normalized spacial score (nSPS) is 19.6. The smallest absolute Gasteiger partial charge is 0.489 e. The zero-order valence-corrected chi connectivity index (χ0v) is 20.1. The number of carbonyl (C=O) groups is 2. The molecule has 2 N–H and O–H groups in total. The second kappa shape index (κ2) is 13.6. The van der Waals surface area contributed by atoms with Gasteiger partial charge in [0.25, 0.3) is 0 Å². The Kier molecular flexibility index (Phi) is 11.0. The first-order valence-corrected chi connectivity index (χ1v) is 11.3. The van der Waals surface area contributed by atoms with E-state index in [1.54, 1.807) is 12.1 Å². The summed E-state index contributed by atoms with van der Waals surface area (Å²) in [6, 6.07) is 13.6. The summed E-state index contributed by atoms with van der Waals surface area (Å²) in [5, 5.41) is 14.2. The molecule has 0 aliphatic carbocycles. The molecule has 0 bridgehead atoms. The van der Waals surface area contributed by atoms with Crippen LogP contribution in [0.4, 0.5) is 35.1 Å². The highest BCUT2D eigenvalue weighted by Gasteiger charge is 2.39. The van der Waals surface area contributed by atoms with E-state index in [9.17, 15) is 35.1 Å². The highest BCUT2D eigenvalue weighted by molar-refractivity contribution is 5.73. The summed E-state index contributed by atoms with van der Waals surface area (Å²) in [5.74, 6) is -5.37. The number of piperazine rings is 1. The van der Waals surface area contributed by atoms with E-state index in [2.05, 4.69) is 9.80 Å². The molecule has 2 atom stereocenters. The quantitative estimate of drug-likeness (QED) is 0.519. The average Bonchev–Trinajstić information content (AvgIpc) is 3.21. The predicted molar refractivity (Wildman–Crippen MR) is 120 cm³/mol. The van der Waals surface area contributed by atoms with Gasteiger partial charge in [-0.05, 0) is 29.8 Å². The maximum absolute atomic E-state index is 13.3. The van der Waals surface area contributed by atoms with Crippen LogP contribution in [-0.2, 0) is 16.1 Å². The highest BCUT2D eigenvalue weighted by Crippen LogP contribution is 2.27. The van der Waals surface area contributed by atoms with Crippen LogP contribution in [0.15, 0.2) is 48.5 Å². The van der Waals surface area contributed by atoms with Crippen LogP contribution in [0.1, 0.15) is 12.0 Å². The summed E-state index contributed by atoms with van der Waals surface area (Å²) < 4.78 is 95.8. The molecule has 0 saturated carbocycles. The third-order valence-electron chi connectivity index (χ3n) is 5.57. The van der Waals surface area contributed by atoms with Crippen molar-refractivity contribution in [2.75, 3.05) is 26.2 Å². The fourth-order valence-corrected chi connectivity index (χ4v) is 3.87. The molecule has 2 aromatic rings. The molecule has 2 aliphatic rings. The minimum Gasteiger partial charge on any atom is -0.489 e. The summed E-state index contributed by atoms with van der Waals surface area (Å²) in [4.78, 5) is 22.7. The summed E-state index contributed by atoms with van der Waals surface area (Å²) >= 11 is 0. The van der Waals surface area contributed by atoms with Crippen molar-refractivity contribution in [2.45, 2.75) is 37.5 Å². The molecule has 0 amide bonds. The molecule has 2 aliphatic heterocycles. The van der Waals surface area contributed by atoms with Gasteiger partial charge in [-0.15, -0.1) is 0 Å². The molecule has 0 radical (unpaired) electrons. The van der Waals surface area contributed by atoms with E-state index >= 15 is 0 Å². The van der Waals surface area contributed by atoms with Gasteiger partial charge in [-0.25, -0.2) is 18.4 Å². The fraction of sp³-hybridized carbons (Fsp3) is 0.417. The number of halogens is 8. The Balaban J connectivity index is 0.000000317. The Bertz CT molecular complexity index is 1070. The second-order valence-electron chi connectivity index (χ2n) is 8.55. The van der Waals surface area contributed by atoms with E-state index < -0.39 is 24.3 Å². The van der Waals surface area contributed by atoms with Crippen LogP contribution in [0.25, 0.3) is 0 Å². The first-order chi connectivity index (χ1) is 18.0. The Morgan fingerprint density at radius 2 is 1.41 bits per heavy atom. The molecule has 2 heterocycles. The Labute approximate surface area is 217 Å². The van der Waals surface area contributed by atoms with Crippen LogP contribution in [0.3, 0.4) is 0 Å². The zero-order valence-electron chi connectivity index (χ0n) is 20.1. The van der Waals surface area contributed by atoms with E-state index in [-0.39, 0.29) is 17.7 Å². The average molecular weight is 572 g/mol. The second-order valence-corrected chi connectivity index (χ2v) is 8.55. The lowest BCUT2D eigenvalue weighted by Gasteiger charge is -2.37. The number of nitrogens with zero attached hydrogens (tertiary/aromatic N) is 2. The van der Waals surface area contributed by atoms with Gasteiger partial charge in [0.2, 0.25) is 0 Å². The minimum absolute atomic E-state index is 0.109. The third kappa shape index (κ3) is 11.0. The van der Waals surface area contributed by atoms with E-state index in [1.807, 2.05) is 12.1 Å². The van der Waals surface area contributed by atoms with Crippen molar-refractivity contribution >= 4 is 11.9 Å². The molecular weight excluding hydrogens is 548 g/mol. The lowest BCUT2D eigenvalue weighted by Crippen LogP contribution is -2.49. The van der Waals surface area contributed by atoms with Crippen molar-refractivity contribution in [3.05, 3.63) is 65.7 Å². The molecule has 2 saturated heterocycles. The van der Waals surface area contributed by atoms with Gasteiger partial charge >= 0.3 is 24.3 Å². The predicted octanol–water partition coefficient (Wildman–Crippen LogP) is 4.57. The van der Waals surface area contributed by atoms with Crippen molar-refractivity contribution in [1.29, 1.82) is 0 Å². The monoisotopic (exact) mass is 572 g/mol. The van der Waals surface area contributed by atoms with E-state index in [1.165, 1.54) is 24.3 Å². The Morgan fingerprint density at radius 3 is 1.92 bits per heavy atom. The van der Waals surface area contributed by atoms with E-state index in [4.69, 9.17) is 24.5 Å². The van der Waals surface area contributed by atoms with Crippen LogP contribution >= 0.6 is 0 Å². The number of rotatable bonds is 4. The largest absolute Gasteiger partial charge is 0.490 e. The molecular formula is C24H24F8N2O5. The molecule has 39 heavy (non-hydrogen) atoms. The lowest BCUT2D eigenvalue weighted by molar-refractivity contribution is -0.193. The van der Waals surface area contributed by atoms with Crippen molar-refractivity contribution < 1.29 is 59.7 Å². The molecule has 2 aromatic carbocycles. The SMILES string of the molecule is Fc1ccc(CN2CCN3CC(Oc4cccc(F)c4)CC3C2)cc1.O=C(O)C(F)(F)F.O=C(O)C(F)(F)F. The van der Waals surface area contributed by atoms with Gasteiger partial charge in [-0.3, -0.25) is 9.80 Å². The number of ether oxygens (including phenoxy) is 1. The van der Waals surface area contributed by atoms with Crippen LogP contribution in [-0.4, -0.2) is 82.6 Å². The Hall–Kier alpha value is -3.46. The van der Waals surface area contributed by atoms with Gasteiger partial charge in [0.05, 0.1) is 0 Å². The van der Waals surface area contributed by atoms with Gasteiger partial charge in [-0.1, -0.05) is 18.2 Å². The number of hydrogen-bond donors (Lipinski definition) is 2. The highest BCUT2D eigenvalue weighted by atomic mass is 19.4. The summed E-state index contributed by atoms with van der Waals surface area (Å²) in [6.45, 7) is 4.74. The maximum atomic E-state index is 13.3. The maximum Gasteiger partial charge on any atom is 0.490 e. The van der Waals surface area contributed by atoms with Crippen molar-refractivity contribution in [2.24, 2.45) is 0 Å². The van der Waals surface area contributed by atoms with Crippen molar-refractivity contribution in [1.82, 2.24) is 9.80 Å². The van der Waals surface area contributed by atoms with Gasteiger partial charge in [0.15, 0.2) is 0 Å². The topological polar surface area (TPSA) is 90.3 Å². The summed E-state index contributed by atoms with van der Waals surface area (Å²) in [7, 11) is 0. The van der Waals surface area contributed by atoms with Crippen molar-refractivity contribution in [3.63, 3.8) is 0 Å². The third-order valence-corrected chi connectivity index (χ3v) is 5.57.